The normalized spacial score (nSPS) is 11.4. The molecule has 0 unspecified atom stereocenters. The van der Waals surface area contributed by atoms with Gasteiger partial charge < -0.3 is 10.6 Å². The van der Waals surface area contributed by atoms with Crippen LogP contribution < -0.4 is 10.6 Å². The lowest BCUT2D eigenvalue weighted by atomic mass is 10.2. The molecule has 0 bridgehead atoms. The van der Waals surface area contributed by atoms with Gasteiger partial charge in [0.1, 0.15) is 0 Å². The van der Waals surface area contributed by atoms with Crippen molar-refractivity contribution in [1.82, 2.24) is 9.97 Å². The molecule has 6 heteroatoms. The van der Waals surface area contributed by atoms with Gasteiger partial charge in [-0.25, -0.2) is 0 Å². The standard InChI is InChI=1S/C22H18Cl2N4/c23-15-3-5-17-19(7-11-27-21(17)13-15)25-9-1-2-10-26-20-8-12-28-22-14-16(24)4-6-18(20)22/h1-8,11-14H,9-10H2,(H,25,27)(H,26,28)/b2-1+. The highest BCUT2D eigenvalue weighted by molar-refractivity contribution is 6.31. The van der Waals surface area contributed by atoms with Crippen LogP contribution in [0.5, 0.6) is 0 Å². The van der Waals surface area contributed by atoms with Crippen LogP contribution in [0.4, 0.5) is 11.4 Å². The van der Waals surface area contributed by atoms with Gasteiger partial charge in [-0.15, -0.1) is 0 Å². The van der Waals surface area contributed by atoms with E-state index in [1.807, 2.05) is 48.5 Å². The van der Waals surface area contributed by atoms with Crippen molar-refractivity contribution in [1.29, 1.82) is 0 Å². The van der Waals surface area contributed by atoms with Crippen LogP contribution in [-0.2, 0) is 0 Å². The smallest absolute Gasteiger partial charge is 0.0737 e. The lowest BCUT2D eigenvalue weighted by Gasteiger charge is -2.08. The molecule has 0 saturated carbocycles. The Hall–Kier alpha value is -2.82. The van der Waals surface area contributed by atoms with Crippen molar-refractivity contribution in [3.8, 4) is 0 Å². The molecule has 0 aliphatic heterocycles. The van der Waals surface area contributed by atoms with E-state index >= 15 is 0 Å². The molecule has 28 heavy (non-hydrogen) atoms. The Kier molecular flexibility index (Phi) is 5.60. The summed E-state index contributed by atoms with van der Waals surface area (Å²) in [6.07, 6.45) is 7.75. The second kappa shape index (κ2) is 8.46. The molecule has 2 aromatic carbocycles. The number of nitrogens with zero attached hydrogens (tertiary/aromatic N) is 2. The Balaban J connectivity index is 1.36. The number of fused-ring (bicyclic) bond motifs is 2. The summed E-state index contributed by atoms with van der Waals surface area (Å²) in [5.41, 5.74) is 3.84. The van der Waals surface area contributed by atoms with Gasteiger partial charge in [0.15, 0.2) is 0 Å². The molecule has 0 atom stereocenters. The fraction of sp³-hybridized carbons (Fsp3) is 0.0909. The minimum Gasteiger partial charge on any atom is -0.381 e. The summed E-state index contributed by atoms with van der Waals surface area (Å²) in [5, 5.41) is 10.3. The van der Waals surface area contributed by atoms with Gasteiger partial charge in [0.25, 0.3) is 0 Å². The van der Waals surface area contributed by atoms with Crippen LogP contribution in [0, 0.1) is 0 Å². The predicted octanol–water partition coefficient (Wildman–Crippen LogP) is 6.17. The second-order valence-corrected chi connectivity index (χ2v) is 7.15. The number of benzene rings is 2. The average molecular weight is 409 g/mol. The summed E-state index contributed by atoms with van der Waals surface area (Å²) in [6, 6.07) is 15.4. The van der Waals surface area contributed by atoms with Gasteiger partial charge in [0, 0.05) is 57.7 Å². The first-order valence-electron chi connectivity index (χ1n) is 8.92. The molecule has 0 aliphatic rings. The molecule has 0 fully saturated rings. The molecule has 2 aromatic heterocycles. The molecule has 4 aromatic rings. The number of aromatic nitrogens is 2. The second-order valence-electron chi connectivity index (χ2n) is 6.27. The van der Waals surface area contributed by atoms with Crippen molar-refractivity contribution in [2.75, 3.05) is 23.7 Å². The lowest BCUT2D eigenvalue weighted by molar-refractivity contribution is 1.27. The Morgan fingerprint density at radius 2 is 1.14 bits per heavy atom. The summed E-state index contributed by atoms with van der Waals surface area (Å²) < 4.78 is 0. The fourth-order valence-corrected chi connectivity index (χ4v) is 3.39. The molecule has 2 N–H and O–H groups in total. The van der Waals surface area contributed by atoms with Crippen LogP contribution in [-0.4, -0.2) is 23.1 Å². The maximum Gasteiger partial charge on any atom is 0.0737 e. The topological polar surface area (TPSA) is 49.8 Å². The maximum absolute atomic E-state index is 6.04. The van der Waals surface area contributed by atoms with Crippen LogP contribution in [0.3, 0.4) is 0 Å². The highest BCUT2D eigenvalue weighted by Crippen LogP contribution is 2.25. The van der Waals surface area contributed by atoms with E-state index < -0.39 is 0 Å². The van der Waals surface area contributed by atoms with Crippen molar-refractivity contribution in [2.24, 2.45) is 0 Å². The Morgan fingerprint density at radius 1 is 0.679 bits per heavy atom. The number of rotatable bonds is 6. The Morgan fingerprint density at radius 3 is 1.61 bits per heavy atom. The number of nitrogens with one attached hydrogen (secondary N) is 2. The fourth-order valence-electron chi connectivity index (χ4n) is 3.06. The third-order valence-corrected chi connectivity index (χ3v) is 4.87. The molecular formula is C22H18Cl2N4. The third kappa shape index (κ3) is 4.19. The number of halogens is 2. The van der Waals surface area contributed by atoms with Crippen molar-refractivity contribution in [3.05, 3.63) is 83.1 Å². The maximum atomic E-state index is 6.04. The summed E-state index contributed by atoms with van der Waals surface area (Å²) in [4.78, 5) is 8.72. The first-order chi connectivity index (χ1) is 13.7. The van der Waals surface area contributed by atoms with Gasteiger partial charge in [-0.1, -0.05) is 35.4 Å². The van der Waals surface area contributed by atoms with Crippen LogP contribution in [0.25, 0.3) is 21.8 Å². The first-order valence-corrected chi connectivity index (χ1v) is 9.67. The van der Waals surface area contributed by atoms with E-state index in [4.69, 9.17) is 23.2 Å². The molecule has 0 amide bonds. The number of hydrogen-bond donors (Lipinski definition) is 2. The van der Waals surface area contributed by atoms with Crippen molar-refractivity contribution < 1.29 is 0 Å². The molecule has 140 valence electrons. The third-order valence-electron chi connectivity index (χ3n) is 4.40. The highest BCUT2D eigenvalue weighted by atomic mass is 35.5. The quantitative estimate of drug-likeness (QED) is 0.374. The summed E-state index contributed by atoms with van der Waals surface area (Å²) in [7, 11) is 0. The summed E-state index contributed by atoms with van der Waals surface area (Å²) in [6.45, 7) is 1.44. The largest absolute Gasteiger partial charge is 0.381 e. The summed E-state index contributed by atoms with van der Waals surface area (Å²) in [5.74, 6) is 0. The zero-order valence-corrected chi connectivity index (χ0v) is 16.5. The Labute approximate surface area is 173 Å². The van der Waals surface area contributed by atoms with Crippen molar-refractivity contribution in [3.63, 3.8) is 0 Å². The highest BCUT2D eigenvalue weighted by Gasteiger charge is 2.02. The molecule has 0 aliphatic carbocycles. The van der Waals surface area contributed by atoms with E-state index in [9.17, 15) is 0 Å². The van der Waals surface area contributed by atoms with Gasteiger partial charge in [-0.2, -0.15) is 0 Å². The summed E-state index contributed by atoms with van der Waals surface area (Å²) >= 11 is 12.1. The van der Waals surface area contributed by atoms with Crippen LogP contribution in [0.2, 0.25) is 10.0 Å². The van der Waals surface area contributed by atoms with Gasteiger partial charge in [0.05, 0.1) is 11.0 Å². The van der Waals surface area contributed by atoms with E-state index in [-0.39, 0.29) is 0 Å². The molecule has 4 rings (SSSR count). The SMILES string of the molecule is Clc1ccc2c(NC/C=C/CNc3ccnc4cc(Cl)ccc34)ccnc2c1. The minimum atomic E-state index is 0.689. The molecule has 0 saturated heterocycles. The van der Waals surface area contributed by atoms with Crippen molar-refractivity contribution >= 4 is 56.4 Å². The average Bonchev–Trinajstić information content (AvgIpc) is 2.70. The Bertz CT molecular complexity index is 1070. The lowest BCUT2D eigenvalue weighted by Crippen LogP contribution is -2.02. The zero-order valence-electron chi connectivity index (χ0n) is 15.0. The van der Waals surface area contributed by atoms with Gasteiger partial charge in [-0.3, -0.25) is 9.97 Å². The number of hydrogen-bond acceptors (Lipinski definition) is 4. The van der Waals surface area contributed by atoms with Crippen LogP contribution in [0.15, 0.2) is 73.1 Å². The van der Waals surface area contributed by atoms with E-state index in [2.05, 4.69) is 32.8 Å². The molecule has 0 radical (unpaired) electrons. The zero-order chi connectivity index (χ0) is 19.3. The van der Waals surface area contributed by atoms with Gasteiger partial charge in [-0.05, 0) is 48.5 Å². The van der Waals surface area contributed by atoms with E-state index in [1.165, 1.54) is 0 Å². The molecule has 4 nitrogen and oxygen atoms in total. The minimum absolute atomic E-state index is 0.689. The van der Waals surface area contributed by atoms with Crippen LogP contribution >= 0.6 is 23.2 Å². The van der Waals surface area contributed by atoms with E-state index in [0.717, 1.165) is 46.3 Å². The van der Waals surface area contributed by atoms with Gasteiger partial charge >= 0.3 is 0 Å². The van der Waals surface area contributed by atoms with E-state index in [1.54, 1.807) is 12.4 Å². The molecule has 2 heterocycles. The molecule has 0 spiro atoms. The van der Waals surface area contributed by atoms with E-state index in [0.29, 0.717) is 10.0 Å². The number of anilines is 2. The van der Waals surface area contributed by atoms with Gasteiger partial charge in [0.2, 0.25) is 0 Å². The van der Waals surface area contributed by atoms with Crippen LogP contribution in [0.1, 0.15) is 0 Å². The first kappa shape index (κ1) is 18.5. The van der Waals surface area contributed by atoms with Crippen molar-refractivity contribution in [2.45, 2.75) is 0 Å². The monoisotopic (exact) mass is 408 g/mol. The molecular weight excluding hydrogens is 391 g/mol. The predicted molar refractivity (Wildman–Crippen MR) is 120 cm³/mol. The number of pyridine rings is 2.